The molecule has 0 amide bonds. The molecule has 0 heterocycles. The van der Waals surface area contributed by atoms with Crippen molar-refractivity contribution in [1.82, 2.24) is 0 Å². The number of halogens is 1. The van der Waals surface area contributed by atoms with Gasteiger partial charge in [0.05, 0.1) is 13.7 Å². The predicted molar refractivity (Wildman–Crippen MR) is 65.4 cm³/mol. The highest BCUT2D eigenvalue weighted by Crippen LogP contribution is 2.36. The maximum absolute atomic E-state index is 9.36. The van der Waals surface area contributed by atoms with E-state index in [1.165, 1.54) is 0 Å². The van der Waals surface area contributed by atoms with Crippen LogP contribution < -0.4 is 4.74 Å². The molecule has 0 fully saturated rings. The van der Waals surface area contributed by atoms with E-state index in [2.05, 4.69) is 35.8 Å². The van der Waals surface area contributed by atoms with E-state index in [0.29, 0.717) is 5.92 Å². The summed E-state index contributed by atoms with van der Waals surface area (Å²) in [7, 11) is 1.65. The molecule has 1 N–H and O–H groups in total. The van der Waals surface area contributed by atoms with Gasteiger partial charge in [0.15, 0.2) is 0 Å². The van der Waals surface area contributed by atoms with Crippen molar-refractivity contribution in [2.24, 2.45) is 0 Å². The van der Waals surface area contributed by atoms with Gasteiger partial charge in [0.25, 0.3) is 0 Å². The van der Waals surface area contributed by atoms with Crippen molar-refractivity contribution < 1.29 is 9.84 Å². The third-order valence-electron chi connectivity index (χ3n) is 2.61. The van der Waals surface area contributed by atoms with Crippen LogP contribution in [0.5, 0.6) is 5.75 Å². The number of aliphatic hydroxyl groups is 1. The van der Waals surface area contributed by atoms with E-state index in [1.807, 2.05) is 6.92 Å². The van der Waals surface area contributed by atoms with E-state index in [-0.39, 0.29) is 6.61 Å². The summed E-state index contributed by atoms with van der Waals surface area (Å²) in [5.41, 5.74) is 3.04. The Kier molecular flexibility index (Phi) is 4.17. The van der Waals surface area contributed by atoms with Crippen LogP contribution >= 0.6 is 15.9 Å². The lowest BCUT2D eigenvalue weighted by Crippen LogP contribution is -2.02. The molecule has 0 bridgehead atoms. The van der Waals surface area contributed by atoms with Gasteiger partial charge in [0.1, 0.15) is 5.75 Å². The fourth-order valence-corrected chi connectivity index (χ4v) is 2.15. The first-order valence-corrected chi connectivity index (χ1v) is 5.78. The second-order valence-electron chi connectivity index (χ2n) is 3.90. The smallest absolute Gasteiger partial charge is 0.128 e. The lowest BCUT2D eigenvalue weighted by Gasteiger charge is -2.18. The van der Waals surface area contributed by atoms with Crippen molar-refractivity contribution in [1.29, 1.82) is 0 Å². The van der Waals surface area contributed by atoms with E-state index in [4.69, 9.17) is 4.74 Å². The lowest BCUT2D eigenvalue weighted by molar-refractivity contribution is 0.272. The molecule has 0 aliphatic rings. The van der Waals surface area contributed by atoms with Gasteiger partial charge >= 0.3 is 0 Å². The Hall–Kier alpha value is -0.540. The van der Waals surface area contributed by atoms with Crippen LogP contribution in [-0.4, -0.2) is 12.2 Å². The minimum Gasteiger partial charge on any atom is -0.496 e. The zero-order chi connectivity index (χ0) is 11.6. The number of hydrogen-bond donors (Lipinski definition) is 1. The van der Waals surface area contributed by atoms with E-state index < -0.39 is 0 Å². The molecule has 0 radical (unpaired) electrons. The fourth-order valence-electron chi connectivity index (χ4n) is 1.66. The maximum Gasteiger partial charge on any atom is 0.128 e. The van der Waals surface area contributed by atoms with Crippen LogP contribution in [0.2, 0.25) is 0 Å². The molecule has 15 heavy (non-hydrogen) atoms. The Morgan fingerprint density at radius 1 is 1.47 bits per heavy atom. The zero-order valence-electron chi connectivity index (χ0n) is 9.60. The third-order valence-corrected chi connectivity index (χ3v) is 3.44. The van der Waals surface area contributed by atoms with Gasteiger partial charge in [-0.3, -0.25) is 0 Å². The summed E-state index contributed by atoms with van der Waals surface area (Å²) >= 11 is 3.50. The van der Waals surface area contributed by atoms with Crippen LogP contribution in [0.1, 0.15) is 36.5 Å². The van der Waals surface area contributed by atoms with Crippen LogP contribution in [0, 0.1) is 6.92 Å². The number of ether oxygens (including phenoxy) is 1. The predicted octanol–water partition coefficient (Wildman–Crippen LogP) is 3.38. The van der Waals surface area contributed by atoms with Gasteiger partial charge in [0, 0.05) is 10.0 Å². The van der Waals surface area contributed by atoms with Crippen molar-refractivity contribution >= 4 is 15.9 Å². The van der Waals surface area contributed by atoms with E-state index in [0.717, 1.165) is 26.9 Å². The second-order valence-corrected chi connectivity index (χ2v) is 4.75. The quantitative estimate of drug-likeness (QED) is 0.914. The van der Waals surface area contributed by atoms with E-state index >= 15 is 0 Å². The summed E-state index contributed by atoms with van der Waals surface area (Å²) in [6, 6.07) is 2.07. The van der Waals surface area contributed by atoms with Gasteiger partial charge in [-0.1, -0.05) is 29.8 Å². The number of benzene rings is 1. The molecule has 0 aromatic heterocycles. The standard InChI is InChI=1S/C12H17BrO2/c1-7(2)9-5-11(13)8(3)10(6-14)12(9)15-4/h5,7,14H,6H2,1-4H3. The first-order valence-electron chi connectivity index (χ1n) is 4.99. The Balaban J connectivity index is 3.47. The molecule has 84 valence electrons. The van der Waals surface area contributed by atoms with Gasteiger partial charge < -0.3 is 9.84 Å². The molecule has 0 aliphatic heterocycles. The number of methoxy groups -OCH3 is 1. The van der Waals surface area contributed by atoms with Crippen LogP contribution in [0.15, 0.2) is 10.5 Å². The number of hydrogen-bond acceptors (Lipinski definition) is 2. The normalized spacial score (nSPS) is 10.9. The monoisotopic (exact) mass is 272 g/mol. The van der Waals surface area contributed by atoms with Crippen LogP contribution in [-0.2, 0) is 6.61 Å². The molecular weight excluding hydrogens is 256 g/mol. The molecule has 2 nitrogen and oxygen atoms in total. The SMILES string of the molecule is COc1c(C(C)C)cc(Br)c(C)c1CO. The number of aliphatic hydroxyl groups excluding tert-OH is 1. The summed E-state index contributed by atoms with van der Waals surface area (Å²) < 4.78 is 6.41. The largest absolute Gasteiger partial charge is 0.496 e. The van der Waals surface area contributed by atoms with Crippen molar-refractivity contribution in [3.63, 3.8) is 0 Å². The van der Waals surface area contributed by atoms with Gasteiger partial charge in [-0.2, -0.15) is 0 Å². The Morgan fingerprint density at radius 3 is 2.47 bits per heavy atom. The molecule has 0 atom stereocenters. The second kappa shape index (κ2) is 4.99. The molecule has 3 heteroatoms. The summed E-state index contributed by atoms with van der Waals surface area (Å²) in [4.78, 5) is 0. The Morgan fingerprint density at radius 2 is 2.07 bits per heavy atom. The zero-order valence-corrected chi connectivity index (χ0v) is 11.2. The van der Waals surface area contributed by atoms with E-state index in [9.17, 15) is 5.11 Å². The minimum atomic E-state index is 0.00810. The van der Waals surface area contributed by atoms with Gasteiger partial charge in [-0.15, -0.1) is 0 Å². The molecule has 0 saturated carbocycles. The molecule has 0 saturated heterocycles. The molecule has 1 aromatic carbocycles. The Labute approximate surface area is 99.4 Å². The highest BCUT2D eigenvalue weighted by Gasteiger charge is 2.16. The topological polar surface area (TPSA) is 29.5 Å². The van der Waals surface area contributed by atoms with Crippen molar-refractivity contribution in [2.75, 3.05) is 7.11 Å². The summed E-state index contributed by atoms with van der Waals surface area (Å²) in [6.45, 7) is 6.21. The van der Waals surface area contributed by atoms with Crippen LogP contribution in [0.4, 0.5) is 0 Å². The summed E-state index contributed by atoms with van der Waals surface area (Å²) in [5, 5.41) is 9.36. The molecule has 1 aromatic rings. The maximum atomic E-state index is 9.36. The van der Waals surface area contributed by atoms with Crippen molar-refractivity contribution in [3.05, 3.63) is 27.2 Å². The third kappa shape index (κ3) is 2.34. The summed E-state index contributed by atoms with van der Waals surface area (Å²) in [5.74, 6) is 1.19. The highest BCUT2D eigenvalue weighted by atomic mass is 79.9. The van der Waals surface area contributed by atoms with Crippen molar-refractivity contribution in [2.45, 2.75) is 33.3 Å². The summed E-state index contributed by atoms with van der Waals surface area (Å²) in [6.07, 6.45) is 0. The molecule has 0 spiro atoms. The van der Waals surface area contributed by atoms with E-state index in [1.54, 1.807) is 7.11 Å². The molecule has 0 unspecified atom stereocenters. The van der Waals surface area contributed by atoms with Gasteiger partial charge in [-0.05, 0) is 30.0 Å². The fraction of sp³-hybridized carbons (Fsp3) is 0.500. The lowest BCUT2D eigenvalue weighted by atomic mass is 9.96. The minimum absolute atomic E-state index is 0.00810. The average Bonchev–Trinajstić information content (AvgIpc) is 2.20. The highest BCUT2D eigenvalue weighted by molar-refractivity contribution is 9.10. The molecule has 0 aliphatic carbocycles. The van der Waals surface area contributed by atoms with Crippen LogP contribution in [0.3, 0.4) is 0 Å². The van der Waals surface area contributed by atoms with Crippen molar-refractivity contribution in [3.8, 4) is 5.75 Å². The Bertz CT molecular complexity index is 359. The average molecular weight is 273 g/mol. The first kappa shape index (κ1) is 12.5. The van der Waals surface area contributed by atoms with Gasteiger partial charge in [0.2, 0.25) is 0 Å². The van der Waals surface area contributed by atoms with Gasteiger partial charge in [-0.25, -0.2) is 0 Å². The first-order chi connectivity index (χ1) is 7.02. The number of rotatable bonds is 3. The molecule has 1 rings (SSSR count). The molecular formula is C12H17BrO2. The van der Waals surface area contributed by atoms with Crippen LogP contribution in [0.25, 0.3) is 0 Å².